The Hall–Kier alpha value is -2.46. The van der Waals surface area contributed by atoms with E-state index in [0.29, 0.717) is 0 Å². The molecule has 0 bridgehead atoms. The van der Waals surface area contributed by atoms with Gasteiger partial charge in [-0.1, -0.05) is 36.4 Å². The van der Waals surface area contributed by atoms with E-state index in [-0.39, 0.29) is 0 Å². The standard InChI is InChI=1S/C21H24N4/c1-16-21(24-20-10-5-4-9-19(20)23-16)22-12-6-13-25-14-11-17-7-2-3-8-18(17)15-25/h2-5,7-10H,6,11-15H2,1H3,(H,22,24). The second-order valence-electron chi connectivity index (χ2n) is 6.72. The Morgan fingerprint density at radius 3 is 2.52 bits per heavy atom. The number of aryl methyl sites for hydroxylation is 1. The van der Waals surface area contributed by atoms with Crippen molar-refractivity contribution < 1.29 is 0 Å². The summed E-state index contributed by atoms with van der Waals surface area (Å²) in [7, 11) is 0. The van der Waals surface area contributed by atoms with E-state index >= 15 is 0 Å². The summed E-state index contributed by atoms with van der Waals surface area (Å²) in [6.45, 7) is 6.29. The van der Waals surface area contributed by atoms with E-state index in [0.717, 1.165) is 55.1 Å². The largest absolute Gasteiger partial charge is 0.369 e. The molecule has 0 atom stereocenters. The Morgan fingerprint density at radius 2 is 1.68 bits per heavy atom. The molecular weight excluding hydrogens is 308 g/mol. The van der Waals surface area contributed by atoms with Crippen LogP contribution in [0.5, 0.6) is 0 Å². The molecule has 1 aromatic heterocycles. The van der Waals surface area contributed by atoms with Crippen molar-refractivity contribution in [3.63, 3.8) is 0 Å². The number of rotatable bonds is 5. The summed E-state index contributed by atoms with van der Waals surface area (Å²) in [6.07, 6.45) is 2.27. The molecule has 2 aromatic carbocycles. The number of nitrogens with zero attached hydrogens (tertiary/aromatic N) is 3. The molecular formula is C21H24N4. The van der Waals surface area contributed by atoms with Crippen LogP contribution in [0.3, 0.4) is 0 Å². The van der Waals surface area contributed by atoms with Gasteiger partial charge in [0, 0.05) is 26.2 Å². The number of fused-ring (bicyclic) bond motifs is 2. The van der Waals surface area contributed by atoms with Crippen molar-refractivity contribution in [1.82, 2.24) is 14.9 Å². The zero-order valence-electron chi connectivity index (χ0n) is 14.7. The summed E-state index contributed by atoms with van der Waals surface area (Å²) in [6, 6.07) is 16.8. The highest BCUT2D eigenvalue weighted by atomic mass is 15.1. The summed E-state index contributed by atoms with van der Waals surface area (Å²) >= 11 is 0. The summed E-state index contributed by atoms with van der Waals surface area (Å²) in [5, 5.41) is 3.46. The van der Waals surface area contributed by atoms with Crippen LogP contribution in [0, 0.1) is 6.92 Å². The molecule has 0 unspecified atom stereocenters. The molecule has 4 rings (SSSR count). The topological polar surface area (TPSA) is 41.1 Å². The Labute approximate surface area is 148 Å². The molecule has 1 N–H and O–H groups in total. The van der Waals surface area contributed by atoms with E-state index in [9.17, 15) is 0 Å². The maximum atomic E-state index is 4.70. The number of benzene rings is 2. The van der Waals surface area contributed by atoms with Crippen molar-refractivity contribution in [3.8, 4) is 0 Å². The van der Waals surface area contributed by atoms with Gasteiger partial charge in [0.15, 0.2) is 0 Å². The first-order chi connectivity index (χ1) is 12.3. The van der Waals surface area contributed by atoms with Gasteiger partial charge in [-0.2, -0.15) is 0 Å². The van der Waals surface area contributed by atoms with Crippen LogP contribution < -0.4 is 5.32 Å². The molecule has 4 nitrogen and oxygen atoms in total. The second kappa shape index (κ2) is 7.19. The smallest absolute Gasteiger partial charge is 0.148 e. The van der Waals surface area contributed by atoms with E-state index in [1.165, 1.54) is 17.5 Å². The molecule has 25 heavy (non-hydrogen) atoms. The van der Waals surface area contributed by atoms with Crippen molar-refractivity contribution in [1.29, 1.82) is 0 Å². The maximum Gasteiger partial charge on any atom is 0.148 e. The van der Waals surface area contributed by atoms with E-state index in [1.807, 2.05) is 31.2 Å². The molecule has 0 saturated carbocycles. The van der Waals surface area contributed by atoms with E-state index < -0.39 is 0 Å². The average molecular weight is 332 g/mol. The van der Waals surface area contributed by atoms with Crippen LogP contribution in [0.1, 0.15) is 23.2 Å². The van der Waals surface area contributed by atoms with Gasteiger partial charge in [0.05, 0.1) is 16.7 Å². The van der Waals surface area contributed by atoms with Crippen LogP contribution >= 0.6 is 0 Å². The SMILES string of the molecule is Cc1nc2ccccc2nc1NCCCN1CCc2ccccc2C1. The fourth-order valence-corrected chi connectivity index (χ4v) is 3.51. The fraction of sp³-hybridized carbons (Fsp3) is 0.333. The Balaban J connectivity index is 1.31. The number of hydrogen-bond donors (Lipinski definition) is 1. The molecule has 1 aliphatic heterocycles. The molecule has 2 heterocycles. The molecule has 0 amide bonds. The lowest BCUT2D eigenvalue weighted by molar-refractivity contribution is 0.253. The minimum absolute atomic E-state index is 0.905. The Kier molecular flexibility index (Phi) is 4.61. The predicted octanol–water partition coefficient (Wildman–Crippen LogP) is 3.80. The van der Waals surface area contributed by atoms with Crippen LogP contribution in [0.15, 0.2) is 48.5 Å². The Morgan fingerprint density at radius 1 is 0.960 bits per heavy atom. The molecule has 0 radical (unpaired) electrons. The molecule has 0 aliphatic carbocycles. The van der Waals surface area contributed by atoms with Crippen molar-refractivity contribution in [2.75, 3.05) is 25.0 Å². The van der Waals surface area contributed by atoms with Crippen LogP contribution in [-0.4, -0.2) is 34.5 Å². The van der Waals surface area contributed by atoms with Gasteiger partial charge in [-0.05, 0) is 43.0 Å². The molecule has 1 aliphatic rings. The first-order valence-corrected chi connectivity index (χ1v) is 9.06. The van der Waals surface area contributed by atoms with E-state index in [1.54, 1.807) is 0 Å². The highest BCUT2D eigenvalue weighted by Crippen LogP contribution is 2.19. The zero-order chi connectivity index (χ0) is 17.1. The number of anilines is 1. The molecule has 0 spiro atoms. The van der Waals surface area contributed by atoms with Gasteiger partial charge in [-0.25, -0.2) is 9.97 Å². The highest BCUT2D eigenvalue weighted by Gasteiger charge is 2.14. The second-order valence-corrected chi connectivity index (χ2v) is 6.72. The number of para-hydroxylation sites is 2. The van der Waals surface area contributed by atoms with Crippen molar-refractivity contribution in [3.05, 3.63) is 65.4 Å². The minimum Gasteiger partial charge on any atom is -0.369 e. The molecule has 0 saturated heterocycles. The first kappa shape index (κ1) is 16.0. The lowest BCUT2D eigenvalue weighted by Crippen LogP contribution is -2.32. The summed E-state index contributed by atoms with van der Waals surface area (Å²) < 4.78 is 0. The molecule has 128 valence electrons. The van der Waals surface area contributed by atoms with Crippen molar-refractivity contribution in [2.24, 2.45) is 0 Å². The summed E-state index contributed by atoms with van der Waals surface area (Å²) in [5.74, 6) is 0.905. The number of aromatic nitrogens is 2. The lowest BCUT2D eigenvalue weighted by atomic mass is 10.00. The maximum absolute atomic E-state index is 4.70. The quantitative estimate of drug-likeness (QED) is 0.722. The normalized spacial score (nSPS) is 14.4. The predicted molar refractivity (Wildman–Crippen MR) is 103 cm³/mol. The third-order valence-corrected chi connectivity index (χ3v) is 4.90. The summed E-state index contributed by atoms with van der Waals surface area (Å²) in [5.41, 5.74) is 5.86. The van der Waals surface area contributed by atoms with Gasteiger partial charge < -0.3 is 5.32 Å². The Bertz CT molecular complexity index is 875. The van der Waals surface area contributed by atoms with E-state index in [4.69, 9.17) is 4.98 Å². The van der Waals surface area contributed by atoms with Gasteiger partial charge in [0.1, 0.15) is 5.82 Å². The number of hydrogen-bond acceptors (Lipinski definition) is 4. The van der Waals surface area contributed by atoms with Crippen LogP contribution in [0.25, 0.3) is 11.0 Å². The van der Waals surface area contributed by atoms with Gasteiger partial charge >= 0.3 is 0 Å². The number of nitrogens with one attached hydrogen (secondary N) is 1. The molecule has 4 heteroatoms. The molecule has 0 fully saturated rings. The van der Waals surface area contributed by atoms with Crippen LogP contribution in [0.4, 0.5) is 5.82 Å². The minimum atomic E-state index is 0.905. The van der Waals surface area contributed by atoms with Crippen molar-refractivity contribution >= 4 is 16.9 Å². The highest BCUT2D eigenvalue weighted by molar-refractivity contribution is 5.76. The zero-order valence-corrected chi connectivity index (χ0v) is 14.7. The lowest BCUT2D eigenvalue weighted by Gasteiger charge is -2.28. The van der Waals surface area contributed by atoms with E-state index in [2.05, 4.69) is 39.5 Å². The first-order valence-electron chi connectivity index (χ1n) is 9.06. The summed E-state index contributed by atoms with van der Waals surface area (Å²) in [4.78, 5) is 11.9. The fourth-order valence-electron chi connectivity index (χ4n) is 3.51. The third kappa shape index (κ3) is 3.64. The van der Waals surface area contributed by atoms with Gasteiger partial charge in [-0.15, -0.1) is 0 Å². The molecule has 3 aromatic rings. The van der Waals surface area contributed by atoms with Crippen molar-refractivity contribution in [2.45, 2.75) is 26.3 Å². The third-order valence-electron chi connectivity index (χ3n) is 4.90. The average Bonchev–Trinajstić information content (AvgIpc) is 2.65. The van der Waals surface area contributed by atoms with Crippen LogP contribution in [0.2, 0.25) is 0 Å². The van der Waals surface area contributed by atoms with Gasteiger partial charge in [0.2, 0.25) is 0 Å². The monoisotopic (exact) mass is 332 g/mol. The van der Waals surface area contributed by atoms with Gasteiger partial charge in [0.25, 0.3) is 0 Å². The van der Waals surface area contributed by atoms with Gasteiger partial charge in [-0.3, -0.25) is 4.90 Å². The van der Waals surface area contributed by atoms with Crippen LogP contribution in [-0.2, 0) is 13.0 Å².